The van der Waals surface area contributed by atoms with Crippen molar-refractivity contribution < 1.29 is 25.7 Å². The molecule has 0 aromatic heterocycles. The molecule has 2 N–H and O–H groups in total. The van der Waals surface area contributed by atoms with Gasteiger partial charge in [0.1, 0.15) is 0 Å². The molecule has 0 radical (unpaired) electrons. The van der Waals surface area contributed by atoms with Crippen LogP contribution in [0.25, 0.3) is 0 Å². The summed E-state index contributed by atoms with van der Waals surface area (Å²) in [6.45, 7) is 0. The number of hydrogen-bond acceptors (Lipinski definition) is 3. The third kappa shape index (κ3) is 679. The Kier molecular flexibility index (Phi) is 54.8. The summed E-state index contributed by atoms with van der Waals surface area (Å²) in [6.07, 6.45) is 0. The van der Waals surface area contributed by atoms with Gasteiger partial charge in [0.2, 0.25) is 0 Å². The molecule has 0 amide bonds. The molecule has 0 fully saturated rings. The number of rotatable bonds is 0. The highest BCUT2D eigenvalue weighted by Crippen LogP contribution is 1.13. The van der Waals surface area contributed by atoms with Gasteiger partial charge in [-0.2, -0.15) is 0 Å². The summed E-state index contributed by atoms with van der Waals surface area (Å²) in [7, 11) is 1.00. The third-order valence-corrected chi connectivity index (χ3v) is 0. The van der Waals surface area contributed by atoms with Crippen LogP contribution in [0.4, 0.5) is 0 Å². The smallest absolute Gasteiger partial charge is 0.327 e. The van der Waals surface area contributed by atoms with E-state index < -0.39 is 0 Å². The fraction of sp³-hybridized carbons (Fsp3) is 1.00. The van der Waals surface area contributed by atoms with Crippen LogP contribution in [0.3, 0.4) is 0 Å². The lowest BCUT2D eigenvalue weighted by Gasteiger charge is -1.46. The van der Waals surface area contributed by atoms with Gasteiger partial charge in [-0.05, 0) is 0 Å². The zero-order chi connectivity index (χ0) is 4.71. The topological polar surface area (TPSA) is 63.5 Å². The first kappa shape index (κ1) is 8.95. The van der Waals surface area contributed by atoms with Crippen molar-refractivity contribution in [2.75, 3.05) is 7.11 Å². The first-order valence-corrected chi connectivity index (χ1v) is 1.42. The van der Waals surface area contributed by atoms with Crippen LogP contribution in [0.15, 0.2) is 0 Å². The zero-order valence-electron chi connectivity index (χ0n) is 2.68. The van der Waals surface area contributed by atoms with Gasteiger partial charge >= 0.3 is 11.3 Å². The monoisotopic (exact) mass is 100.0 g/mol. The molecular weight excluding hydrogens is 95.5 g/mol. The van der Waals surface area contributed by atoms with E-state index >= 15 is 0 Å². The molecule has 0 aliphatic rings. The number of halogens is 1. The molecule has 34 valence electrons. The SMILES string of the molecule is CO.[O-][Cl+]O. The molecule has 0 spiro atoms. The summed E-state index contributed by atoms with van der Waals surface area (Å²) in [5.41, 5.74) is 0. The summed E-state index contributed by atoms with van der Waals surface area (Å²) in [4.78, 5) is 0. The number of aliphatic hydroxyl groups excluding tert-OH is 1. The van der Waals surface area contributed by atoms with Gasteiger partial charge in [0.05, 0.1) is 0 Å². The maximum atomic E-state index is 8.35. The second-order valence-corrected chi connectivity index (χ2v) is 0.207. The van der Waals surface area contributed by atoms with Crippen LogP contribution in [-0.2, 0) is 0 Å². The molecule has 0 atom stereocenters. The molecule has 0 saturated carbocycles. The van der Waals surface area contributed by atoms with Gasteiger partial charge in [-0.25, -0.2) is 0 Å². The summed E-state index contributed by atoms with van der Waals surface area (Å²) < 4.78 is 15.2. The van der Waals surface area contributed by atoms with Gasteiger partial charge in [0.25, 0.3) is 0 Å². The minimum absolute atomic E-state index is 0.167. The average molecular weight is 101 g/mol. The molecule has 0 aromatic rings. The zero-order valence-corrected chi connectivity index (χ0v) is 3.44. The Bertz CT molecular complexity index is 6.85. The van der Waals surface area contributed by atoms with E-state index in [1.807, 2.05) is 0 Å². The Morgan fingerprint density at radius 2 is 1.60 bits per heavy atom. The van der Waals surface area contributed by atoms with Crippen LogP contribution in [0, 0.1) is 11.3 Å². The van der Waals surface area contributed by atoms with Crippen molar-refractivity contribution in [1.29, 1.82) is 0 Å². The minimum atomic E-state index is -0.167. The number of aliphatic hydroxyl groups is 1. The Hall–Kier alpha value is 0.170. The summed E-state index contributed by atoms with van der Waals surface area (Å²) >= 11 is -0.167. The van der Waals surface area contributed by atoms with E-state index in [2.05, 4.69) is 0 Å². The minimum Gasteiger partial charge on any atom is -0.506 e. The number of hydrogen-bond donors (Lipinski definition) is 2. The lowest BCUT2D eigenvalue weighted by atomic mass is 11.8. The van der Waals surface area contributed by atoms with Crippen LogP contribution >= 0.6 is 0 Å². The summed E-state index contributed by atoms with van der Waals surface area (Å²) in [5, 5.41) is 7.00. The maximum absolute atomic E-state index is 8.35. The quantitative estimate of drug-likeness (QED) is 0.365. The molecule has 0 aliphatic carbocycles. The van der Waals surface area contributed by atoms with E-state index in [4.69, 9.17) is 14.4 Å². The van der Waals surface area contributed by atoms with Gasteiger partial charge in [-0.1, -0.05) is 0 Å². The Balaban J connectivity index is 0. The first-order chi connectivity index (χ1) is 2.41. The predicted octanol–water partition coefficient (Wildman–Crippen LogP) is -2.14. The van der Waals surface area contributed by atoms with E-state index in [0.29, 0.717) is 0 Å². The first-order valence-electron chi connectivity index (χ1n) is 0.771. The van der Waals surface area contributed by atoms with Gasteiger partial charge in [-0.15, -0.1) is 4.66 Å². The van der Waals surface area contributed by atoms with Gasteiger partial charge in [0, 0.05) is 7.11 Å². The van der Waals surface area contributed by atoms with Crippen LogP contribution < -0.4 is 4.66 Å². The molecule has 3 nitrogen and oxygen atoms in total. The Morgan fingerprint density at radius 3 is 1.60 bits per heavy atom. The van der Waals surface area contributed by atoms with Crippen molar-refractivity contribution in [1.82, 2.24) is 0 Å². The van der Waals surface area contributed by atoms with Crippen molar-refractivity contribution in [2.45, 2.75) is 0 Å². The second kappa shape index (κ2) is 30.6. The van der Waals surface area contributed by atoms with E-state index in [9.17, 15) is 0 Å². The molecule has 5 heavy (non-hydrogen) atoms. The van der Waals surface area contributed by atoms with E-state index in [-0.39, 0.29) is 11.3 Å². The van der Waals surface area contributed by atoms with E-state index in [0.717, 1.165) is 7.11 Å². The van der Waals surface area contributed by atoms with Crippen molar-refractivity contribution in [3.05, 3.63) is 0 Å². The average Bonchev–Trinajstić information content (AvgIpc) is 1.46. The standard InChI is InChI=1S/CH4O.ClHO2/c1-2;2-1-3/h2H,1H3;2H. The molecule has 0 unspecified atom stereocenters. The normalized spacial score (nSPS) is 4.80. The van der Waals surface area contributed by atoms with Crippen LogP contribution in [0.1, 0.15) is 0 Å². The summed E-state index contributed by atoms with van der Waals surface area (Å²) in [5.74, 6) is 0. The highest BCUT2D eigenvalue weighted by atomic mass is 35.6. The van der Waals surface area contributed by atoms with E-state index in [1.54, 1.807) is 0 Å². The molecule has 0 aromatic carbocycles. The molecule has 0 aliphatic heterocycles. The predicted molar refractivity (Wildman–Crippen MR) is 10.4 cm³/mol. The molecule has 0 rings (SSSR count). The summed E-state index contributed by atoms with van der Waals surface area (Å²) in [6, 6.07) is 0. The van der Waals surface area contributed by atoms with Crippen LogP contribution in [-0.4, -0.2) is 16.9 Å². The molecule has 4 heteroatoms. The van der Waals surface area contributed by atoms with E-state index in [1.165, 1.54) is 0 Å². The highest BCUT2D eigenvalue weighted by molar-refractivity contribution is 3.18. The fourth-order valence-corrected chi connectivity index (χ4v) is 0. The molecule has 0 bridgehead atoms. The van der Waals surface area contributed by atoms with Crippen molar-refractivity contribution in [3.8, 4) is 0 Å². The van der Waals surface area contributed by atoms with Gasteiger partial charge in [-0.3, -0.25) is 0 Å². The largest absolute Gasteiger partial charge is 0.506 e. The fourth-order valence-electron chi connectivity index (χ4n) is 0. The highest BCUT2D eigenvalue weighted by Gasteiger charge is 1.47. The molecular formula is CH5ClO3. The van der Waals surface area contributed by atoms with Crippen LogP contribution in [0.2, 0.25) is 0 Å². The van der Waals surface area contributed by atoms with Gasteiger partial charge in [0.15, 0.2) is 0 Å². The second-order valence-electron chi connectivity index (χ2n) is 0.0690. The Morgan fingerprint density at radius 1 is 1.60 bits per heavy atom. The molecule has 0 heterocycles. The van der Waals surface area contributed by atoms with Crippen molar-refractivity contribution in [3.63, 3.8) is 0 Å². The van der Waals surface area contributed by atoms with Crippen LogP contribution in [0.5, 0.6) is 0 Å². The lowest BCUT2D eigenvalue weighted by Crippen LogP contribution is -1.94. The van der Waals surface area contributed by atoms with Crippen molar-refractivity contribution in [2.24, 2.45) is 0 Å². The van der Waals surface area contributed by atoms with Gasteiger partial charge < -0.3 is 9.77 Å². The Labute approximate surface area is 33.9 Å². The molecule has 0 saturated heterocycles. The van der Waals surface area contributed by atoms with Crippen molar-refractivity contribution >= 4 is 0 Å². The maximum Gasteiger partial charge on any atom is 0.327 e. The lowest BCUT2D eigenvalue weighted by molar-refractivity contribution is -1.27. The third-order valence-electron chi connectivity index (χ3n) is 0.